The number of aromatic nitrogens is 2. The van der Waals surface area contributed by atoms with Crippen LogP contribution in [0, 0.1) is 12.8 Å². The molecular formula is C28H38N4O. The zero-order valence-electron chi connectivity index (χ0n) is 20.6. The summed E-state index contributed by atoms with van der Waals surface area (Å²) in [7, 11) is 3.99. The fraction of sp³-hybridized carbons (Fsp3) is 0.429. The fourth-order valence-electron chi connectivity index (χ4n) is 4.17. The molecule has 1 aliphatic carbocycles. The number of anilines is 1. The second kappa shape index (κ2) is 12.4. The van der Waals surface area contributed by atoms with Crippen molar-refractivity contribution >= 4 is 16.7 Å². The number of fused-ring (bicyclic) bond motifs is 1. The van der Waals surface area contributed by atoms with E-state index in [0.29, 0.717) is 12.6 Å². The van der Waals surface area contributed by atoms with Gasteiger partial charge in [0.1, 0.15) is 24.0 Å². The van der Waals surface area contributed by atoms with E-state index in [2.05, 4.69) is 40.9 Å². The number of para-hydroxylation sites is 2. The highest BCUT2D eigenvalue weighted by atomic mass is 16.5. The molecule has 1 aromatic heterocycles. The first-order chi connectivity index (χ1) is 16.0. The van der Waals surface area contributed by atoms with Crippen molar-refractivity contribution in [2.24, 2.45) is 5.92 Å². The molecule has 1 fully saturated rings. The molecule has 1 aliphatic rings. The molecule has 4 rings (SSSR count). The molecule has 0 atom stereocenters. The number of ether oxygens (including phenoxy) is 1. The Morgan fingerprint density at radius 2 is 1.73 bits per heavy atom. The van der Waals surface area contributed by atoms with Crippen LogP contribution >= 0.6 is 0 Å². The molecule has 1 heterocycles. The minimum Gasteiger partial charge on any atom is -0.489 e. The Morgan fingerprint density at radius 3 is 2.45 bits per heavy atom. The smallest absolute Gasteiger partial charge is 0.139 e. The summed E-state index contributed by atoms with van der Waals surface area (Å²) in [6, 6.07) is 17.0. The Balaban J connectivity index is 0.000000194. The van der Waals surface area contributed by atoms with Crippen LogP contribution in [0.25, 0.3) is 10.9 Å². The Morgan fingerprint density at radius 1 is 1.03 bits per heavy atom. The normalized spacial score (nSPS) is 17.7. The molecule has 0 bridgehead atoms. The Hall–Kier alpha value is -2.92. The first-order valence-corrected chi connectivity index (χ1v) is 11.9. The maximum absolute atomic E-state index is 5.69. The van der Waals surface area contributed by atoms with Crippen molar-refractivity contribution in [2.75, 3.05) is 25.6 Å². The number of rotatable bonds is 7. The predicted molar refractivity (Wildman–Crippen MR) is 139 cm³/mol. The first-order valence-electron chi connectivity index (χ1n) is 11.9. The molecule has 0 radical (unpaired) electrons. The first kappa shape index (κ1) is 24.7. The third kappa shape index (κ3) is 7.29. The minimum atomic E-state index is 0.567. The van der Waals surface area contributed by atoms with E-state index >= 15 is 0 Å². The molecule has 176 valence electrons. The number of nitrogens with one attached hydrogen (secondary N) is 1. The molecule has 2 aromatic carbocycles. The summed E-state index contributed by atoms with van der Waals surface area (Å²) < 4.78 is 5.69. The van der Waals surface area contributed by atoms with Gasteiger partial charge in [0, 0.05) is 37.6 Å². The van der Waals surface area contributed by atoms with Gasteiger partial charge in [0.25, 0.3) is 0 Å². The van der Waals surface area contributed by atoms with Gasteiger partial charge < -0.3 is 15.0 Å². The lowest BCUT2D eigenvalue weighted by Gasteiger charge is -2.27. The van der Waals surface area contributed by atoms with Crippen LogP contribution in [0.2, 0.25) is 0 Å². The highest BCUT2D eigenvalue weighted by molar-refractivity contribution is 5.89. The average Bonchev–Trinajstić information content (AvgIpc) is 2.82. The lowest BCUT2D eigenvalue weighted by molar-refractivity contribution is 0.303. The van der Waals surface area contributed by atoms with Crippen LogP contribution in [0.4, 0.5) is 5.82 Å². The molecule has 0 saturated heterocycles. The van der Waals surface area contributed by atoms with Crippen LogP contribution in [0.3, 0.4) is 0 Å². The number of nitrogens with zero attached hydrogens (tertiary/aromatic N) is 3. The van der Waals surface area contributed by atoms with Gasteiger partial charge in [0.05, 0.1) is 5.52 Å². The van der Waals surface area contributed by atoms with Gasteiger partial charge in [-0.3, -0.25) is 0 Å². The summed E-state index contributed by atoms with van der Waals surface area (Å²) in [6.07, 6.45) is 7.10. The summed E-state index contributed by atoms with van der Waals surface area (Å²) in [4.78, 5) is 10.8. The monoisotopic (exact) mass is 446 g/mol. The van der Waals surface area contributed by atoms with Crippen molar-refractivity contribution in [1.82, 2.24) is 15.3 Å². The second-order valence-electron chi connectivity index (χ2n) is 9.05. The Labute approximate surface area is 198 Å². The second-order valence-corrected chi connectivity index (χ2v) is 9.05. The van der Waals surface area contributed by atoms with Crippen LogP contribution in [0.1, 0.15) is 44.0 Å². The molecule has 1 saturated carbocycles. The topological polar surface area (TPSA) is 50.3 Å². The van der Waals surface area contributed by atoms with Crippen LogP contribution in [-0.2, 0) is 6.54 Å². The standard InChI is InChI=1S/C17H25NO.C11H13N3/c1-3-12-19-17-7-5-4-6-15(17)13-18-16-10-8-14(2)9-11-16;1-8-12-10-7-5-4-6-9(10)11(13-8)14(2)3/h3-7,14,16,18H,1,8-13H2,2H3;4-7H,1-3H3. The number of hydrogen-bond donors (Lipinski definition) is 1. The molecule has 3 aromatic rings. The zero-order valence-corrected chi connectivity index (χ0v) is 20.6. The van der Waals surface area contributed by atoms with E-state index in [0.717, 1.165) is 40.8 Å². The van der Waals surface area contributed by atoms with Gasteiger partial charge in [-0.05, 0) is 56.7 Å². The highest BCUT2D eigenvalue weighted by Crippen LogP contribution is 2.25. The highest BCUT2D eigenvalue weighted by Gasteiger charge is 2.17. The Kier molecular flexibility index (Phi) is 9.25. The van der Waals surface area contributed by atoms with Crippen LogP contribution in [0.15, 0.2) is 61.2 Å². The lowest BCUT2D eigenvalue weighted by Crippen LogP contribution is -2.32. The van der Waals surface area contributed by atoms with E-state index in [9.17, 15) is 0 Å². The SMILES string of the molecule is C=CCOc1ccccc1CNC1CCC(C)CC1.Cc1nc(N(C)C)c2ccccc2n1. The van der Waals surface area contributed by atoms with Crippen LogP contribution < -0.4 is 15.0 Å². The molecular weight excluding hydrogens is 408 g/mol. The minimum absolute atomic E-state index is 0.567. The van der Waals surface area contributed by atoms with E-state index < -0.39 is 0 Å². The van der Waals surface area contributed by atoms with Gasteiger partial charge >= 0.3 is 0 Å². The number of hydrogen-bond acceptors (Lipinski definition) is 5. The van der Waals surface area contributed by atoms with Gasteiger partial charge in [-0.15, -0.1) is 0 Å². The lowest BCUT2D eigenvalue weighted by atomic mass is 9.87. The van der Waals surface area contributed by atoms with Crippen LogP contribution in [-0.4, -0.2) is 36.7 Å². The van der Waals surface area contributed by atoms with Gasteiger partial charge in [-0.25, -0.2) is 9.97 Å². The zero-order chi connectivity index (χ0) is 23.6. The molecule has 1 N–H and O–H groups in total. The summed E-state index contributed by atoms with van der Waals surface area (Å²) in [5, 5.41) is 4.77. The summed E-state index contributed by atoms with van der Waals surface area (Å²) >= 11 is 0. The number of benzene rings is 2. The molecule has 0 spiro atoms. The molecule has 5 heteroatoms. The fourth-order valence-corrected chi connectivity index (χ4v) is 4.17. The van der Waals surface area contributed by atoms with Gasteiger partial charge in [-0.1, -0.05) is 49.9 Å². The average molecular weight is 447 g/mol. The largest absolute Gasteiger partial charge is 0.489 e. The predicted octanol–water partition coefficient (Wildman–Crippen LogP) is 5.92. The maximum atomic E-state index is 5.69. The van der Waals surface area contributed by atoms with Crippen molar-refractivity contribution in [3.63, 3.8) is 0 Å². The van der Waals surface area contributed by atoms with Gasteiger partial charge in [0.2, 0.25) is 0 Å². The quantitative estimate of drug-likeness (QED) is 0.456. The van der Waals surface area contributed by atoms with Crippen molar-refractivity contribution in [1.29, 1.82) is 0 Å². The van der Waals surface area contributed by atoms with Crippen molar-refractivity contribution in [3.8, 4) is 5.75 Å². The molecule has 33 heavy (non-hydrogen) atoms. The summed E-state index contributed by atoms with van der Waals surface area (Å²) in [5.74, 6) is 3.67. The van der Waals surface area contributed by atoms with E-state index in [1.54, 1.807) is 6.08 Å². The molecule has 0 unspecified atom stereocenters. The van der Waals surface area contributed by atoms with Gasteiger partial charge in [0.15, 0.2) is 0 Å². The van der Waals surface area contributed by atoms with E-state index in [1.165, 1.54) is 31.2 Å². The van der Waals surface area contributed by atoms with Crippen LogP contribution in [0.5, 0.6) is 5.75 Å². The van der Waals surface area contributed by atoms with Crippen molar-refractivity contribution < 1.29 is 4.74 Å². The van der Waals surface area contributed by atoms with E-state index in [-0.39, 0.29) is 0 Å². The van der Waals surface area contributed by atoms with E-state index in [4.69, 9.17) is 4.74 Å². The Bertz CT molecular complexity index is 1030. The molecule has 0 aliphatic heterocycles. The van der Waals surface area contributed by atoms with Crippen molar-refractivity contribution in [3.05, 3.63) is 72.6 Å². The van der Waals surface area contributed by atoms with Gasteiger partial charge in [-0.2, -0.15) is 0 Å². The third-order valence-corrected chi connectivity index (χ3v) is 6.04. The number of aryl methyl sites for hydroxylation is 1. The summed E-state index contributed by atoms with van der Waals surface area (Å²) in [5.41, 5.74) is 2.24. The summed E-state index contributed by atoms with van der Waals surface area (Å²) in [6.45, 7) is 9.43. The third-order valence-electron chi connectivity index (χ3n) is 6.04. The molecule has 5 nitrogen and oxygen atoms in total. The van der Waals surface area contributed by atoms with Crippen molar-refractivity contribution in [2.45, 2.75) is 52.1 Å². The maximum Gasteiger partial charge on any atom is 0.139 e. The van der Waals surface area contributed by atoms with E-state index in [1.807, 2.05) is 62.3 Å². The molecule has 0 amide bonds.